The molecule has 0 saturated heterocycles. The third-order valence-electron chi connectivity index (χ3n) is 2.30. The summed E-state index contributed by atoms with van der Waals surface area (Å²) < 4.78 is 5.15. The van der Waals surface area contributed by atoms with Crippen molar-refractivity contribution >= 4 is 17.3 Å². The highest BCUT2D eigenvalue weighted by atomic mass is 35.5. The van der Waals surface area contributed by atoms with Crippen molar-refractivity contribution in [1.82, 2.24) is 0 Å². The normalized spacial score (nSPS) is 12.3. The van der Waals surface area contributed by atoms with Gasteiger partial charge in [0.1, 0.15) is 5.75 Å². The third-order valence-corrected chi connectivity index (χ3v) is 2.63. The quantitative estimate of drug-likeness (QED) is 0.823. The molecule has 1 aromatic rings. The Balaban J connectivity index is 2.74. The number of ether oxygens (including phenoxy) is 1. The summed E-state index contributed by atoms with van der Waals surface area (Å²) >= 11 is 6.08. The van der Waals surface area contributed by atoms with Gasteiger partial charge < -0.3 is 10.1 Å². The average molecular weight is 228 g/mol. The van der Waals surface area contributed by atoms with Gasteiger partial charge in [-0.1, -0.05) is 24.9 Å². The van der Waals surface area contributed by atoms with E-state index < -0.39 is 0 Å². The predicted octanol–water partition coefficient (Wildman–Crippen LogP) is 3.95. The van der Waals surface area contributed by atoms with Crippen LogP contribution in [-0.2, 0) is 0 Å². The molecule has 0 aromatic heterocycles. The lowest BCUT2D eigenvalue weighted by Crippen LogP contribution is -2.14. The van der Waals surface area contributed by atoms with Gasteiger partial charge in [-0.15, -0.1) is 0 Å². The van der Waals surface area contributed by atoms with E-state index in [0.717, 1.165) is 29.3 Å². The molecule has 1 N–H and O–H groups in total. The van der Waals surface area contributed by atoms with E-state index >= 15 is 0 Å². The molecule has 1 rings (SSSR count). The van der Waals surface area contributed by atoms with Crippen molar-refractivity contribution in [1.29, 1.82) is 0 Å². The lowest BCUT2D eigenvalue weighted by molar-refractivity contribution is 0.415. The SMILES string of the molecule is CCCC(C)Nc1cc(OC)ccc1Cl. The summed E-state index contributed by atoms with van der Waals surface area (Å²) in [6.07, 6.45) is 2.29. The fraction of sp³-hybridized carbons (Fsp3) is 0.500. The second kappa shape index (κ2) is 5.86. The van der Waals surface area contributed by atoms with Crippen LogP contribution in [0.25, 0.3) is 0 Å². The molecular weight excluding hydrogens is 210 g/mol. The van der Waals surface area contributed by atoms with E-state index in [2.05, 4.69) is 19.2 Å². The third kappa shape index (κ3) is 3.63. The van der Waals surface area contributed by atoms with E-state index in [1.165, 1.54) is 0 Å². The van der Waals surface area contributed by atoms with E-state index in [0.29, 0.717) is 6.04 Å². The molecule has 15 heavy (non-hydrogen) atoms. The standard InChI is InChI=1S/C12H18ClNO/c1-4-5-9(2)14-12-8-10(15-3)6-7-11(12)13/h6-9,14H,4-5H2,1-3H3. The van der Waals surface area contributed by atoms with Crippen molar-refractivity contribution < 1.29 is 4.74 Å². The van der Waals surface area contributed by atoms with Gasteiger partial charge in [-0.05, 0) is 25.5 Å². The smallest absolute Gasteiger partial charge is 0.121 e. The zero-order valence-electron chi connectivity index (χ0n) is 9.51. The molecule has 0 fully saturated rings. The second-order valence-electron chi connectivity index (χ2n) is 3.68. The first-order valence-corrected chi connectivity index (χ1v) is 5.65. The summed E-state index contributed by atoms with van der Waals surface area (Å²) in [7, 11) is 1.66. The van der Waals surface area contributed by atoms with Crippen molar-refractivity contribution in [2.24, 2.45) is 0 Å². The Bertz CT molecular complexity index is 314. The maximum absolute atomic E-state index is 6.08. The number of halogens is 1. The van der Waals surface area contributed by atoms with Gasteiger partial charge in [0.05, 0.1) is 17.8 Å². The number of methoxy groups -OCH3 is 1. The number of hydrogen-bond acceptors (Lipinski definition) is 2. The van der Waals surface area contributed by atoms with E-state index in [9.17, 15) is 0 Å². The fourth-order valence-electron chi connectivity index (χ4n) is 1.51. The van der Waals surface area contributed by atoms with E-state index in [1.54, 1.807) is 7.11 Å². The summed E-state index contributed by atoms with van der Waals surface area (Å²) in [6.45, 7) is 4.32. The average Bonchev–Trinajstić information content (AvgIpc) is 2.21. The van der Waals surface area contributed by atoms with Crippen LogP contribution < -0.4 is 10.1 Å². The van der Waals surface area contributed by atoms with Gasteiger partial charge in [0.15, 0.2) is 0 Å². The Morgan fingerprint density at radius 3 is 2.80 bits per heavy atom. The highest BCUT2D eigenvalue weighted by Crippen LogP contribution is 2.27. The Hall–Kier alpha value is -0.890. The number of hydrogen-bond donors (Lipinski definition) is 1. The molecule has 1 unspecified atom stereocenters. The van der Waals surface area contributed by atoms with Gasteiger partial charge in [0, 0.05) is 12.1 Å². The molecule has 0 radical (unpaired) electrons. The zero-order chi connectivity index (χ0) is 11.3. The summed E-state index contributed by atoms with van der Waals surface area (Å²) in [5.41, 5.74) is 0.942. The van der Waals surface area contributed by atoms with Crippen LogP contribution in [0, 0.1) is 0 Å². The molecular formula is C12H18ClNO. The molecule has 0 aliphatic carbocycles. The minimum Gasteiger partial charge on any atom is -0.497 e. The highest BCUT2D eigenvalue weighted by molar-refractivity contribution is 6.33. The maximum atomic E-state index is 6.08. The van der Waals surface area contributed by atoms with Gasteiger partial charge in [-0.3, -0.25) is 0 Å². The van der Waals surface area contributed by atoms with Gasteiger partial charge >= 0.3 is 0 Å². The van der Waals surface area contributed by atoms with Gasteiger partial charge in [0.2, 0.25) is 0 Å². The summed E-state index contributed by atoms with van der Waals surface area (Å²) in [6, 6.07) is 6.06. The Morgan fingerprint density at radius 1 is 1.47 bits per heavy atom. The molecule has 0 heterocycles. The largest absolute Gasteiger partial charge is 0.497 e. The first-order chi connectivity index (χ1) is 7.17. The predicted molar refractivity (Wildman–Crippen MR) is 66.0 cm³/mol. The molecule has 1 atom stereocenters. The minimum absolute atomic E-state index is 0.430. The van der Waals surface area contributed by atoms with Crippen molar-refractivity contribution in [3.05, 3.63) is 23.2 Å². The van der Waals surface area contributed by atoms with Crippen molar-refractivity contribution in [2.45, 2.75) is 32.7 Å². The first kappa shape index (κ1) is 12.2. The van der Waals surface area contributed by atoms with Crippen LogP contribution in [0.3, 0.4) is 0 Å². The lowest BCUT2D eigenvalue weighted by Gasteiger charge is -2.16. The summed E-state index contributed by atoms with van der Waals surface area (Å²) in [4.78, 5) is 0. The van der Waals surface area contributed by atoms with E-state index in [-0.39, 0.29) is 0 Å². The fourth-order valence-corrected chi connectivity index (χ4v) is 1.68. The molecule has 84 valence electrons. The molecule has 0 aliphatic heterocycles. The van der Waals surface area contributed by atoms with Gasteiger partial charge in [0.25, 0.3) is 0 Å². The topological polar surface area (TPSA) is 21.3 Å². The van der Waals surface area contributed by atoms with Crippen LogP contribution in [0.15, 0.2) is 18.2 Å². The molecule has 0 amide bonds. The Kier molecular flexibility index (Phi) is 4.76. The Morgan fingerprint density at radius 2 is 2.20 bits per heavy atom. The maximum Gasteiger partial charge on any atom is 0.121 e. The molecule has 3 heteroatoms. The molecule has 1 aromatic carbocycles. The Labute approximate surface area is 96.6 Å². The van der Waals surface area contributed by atoms with Crippen LogP contribution in [0.5, 0.6) is 5.75 Å². The van der Waals surface area contributed by atoms with Crippen LogP contribution in [0.4, 0.5) is 5.69 Å². The number of anilines is 1. The highest BCUT2D eigenvalue weighted by Gasteiger charge is 2.05. The van der Waals surface area contributed by atoms with Crippen molar-refractivity contribution in [3.8, 4) is 5.75 Å². The van der Waals surface area contributed by atoms with Gasteiger partial charge in [-0.2, -0.15) is 0 Å². The zero-order valence-corrected chi connectivity index (χ0v) is 10.3. The second-order valence-corrected chi connectivity index (χ2v) is 4.09. The molecule has 2 nitrogen and oxygen atoms in total. The minimum atomic E-state index is 0.430. The number of benzene rings is 1. The monoisotopic (exact) mass is 227 g/mol. The van der Waals surface area contributed by atoms with Crippen LogP contribution in [0.2, 0.25) is 5.02 Å². The van der Waals surface area contributed by atoms with Crippen LogP contribution in [0.1, 0.15) is 26.7 Å². The van der Waals surface area contributed by atoms with E-state index in [1.807, 2.05) is 18.2 Å². The van der Waals surface area contributed by atoms with Crippen molar-refractivity contribution in [2.75, 3.05) is 12.4 Å². The molecule has 0 bridgehead atoms. The molecule has 0 spiro atoms. The van der Waals surface area contributed by atoms with Crippen LogP contribution >= 0.6 is 11.6 Å². The van der Waals surface area contributed by atoms with Crippen molar-refractivity contribution in [3.63, 3.8) is 0 Å². The summed E-state index contributed by atoms with van der Waals surface area (Å²) in [5, 5.41) is 4.11. The molecule has 0 aliphatic rings. The molecule has 0 saturated carbocycles. The summed E-state index contributed by atoms with van der Waals surface area (Å²) in [5.74, 6) is 0.825. The lowest BCUT2D eigenvalue weighted by atomic mass is 10.2. The van der Waals surface area contributed by atoms with Gasteiger partial charge in [-0.25, -0.2) is 0 Å². The number of nitrogens with one attached hydrogen (secondary N) is 1. The first-order valence-electron chi connectivity index (χ1n) is 5.27. The van der Waals surface area contributed by atoms with E-state index in [4.69, 9.17) is 16.3 Å². The van der Waals surface area contributed by atoms with Crippen LogP contribution in [-0.4, -0.2) is 13.2 Å². The number of rotatable bonds is 5.